The third-order valence-electron chi connectivity index (χ3n) is 5.11. The van der Waals surface area contributed by atoms with Gasteiger partial charge in [0.25, 0.3) is 0 Å². The van der Waals surface area contributed by atoms with E-state index in [1.807, 2.05) is 34.9 Å². The summed E-state index contributed by atoms with van der Waals surface area (Å²) < 4.78 is 27.1. The molecule has 2 aromatic carbocycles. The van der Waals surface area contributed by atoms with Gasteiger partial charge in [0, 0.05) is 23.7 Å². The number of hydrogen-bond donors (Lipinski definition) is 0. The van der Waals surface area contributed by atoms with Crippen molar-refractivity contribution in [2.24, 2.45) is 0 Å². The highest BCUT2D eigenvalue weighted by Crippen LogP contribution is 2.41. The first-order chi connectivity index (χ1) is 14.9. The van der Waals surface area contributed by atoms with Crippen molar-refractivity contribution < 1.29 is 13.2 Å². The van der Waals surface area contributed by atoms with Crippen LogP contribution in [0.5, 0.6) is 0 Å². The van der Waals surface area contributed by atoms with Crippen LogP contribution in [0.1, 0.15) is 41.9 Å². The molecule has 4 rings (SSSR count). The van der Waals surface area contributed by atoms with E-state index in [9.17, 15) is 13.2 Å². The number of hydrogen-bond acceptors (Lipinski definition) is 6. The van der Waals surface area contributed by atoms with Gasteiger partial charge in [-0.3, -0.25) is 13.7 Å². The standard InChI is InChI=1S/C22H24N4O3S2/c1-3-25(31(2,28)29)18-13-11-16(12-14-18)20(27)15-30-22-24-23-21(17-9-10-17)26(22)19-7-5-4-6-8-19/h4-8,11-14,17H,3,9-10,15H2,1-2H3. The van der Waals surface area contributed by atoms with Gasteiger partial charge in [-0.25, -0.2) is 8.42 Å². The lowest BCUT2D eigenvalue weighted by molar-refractivity contribution is 0.102. The fraction of sp³-hybridized carbons (Fsp3) is 0.318. The normalized spacial score (nSPS) is 13.9. The van der Waals surface area contributed by atoms with Crippen molar-refractivity contribution in [2.45, 2.75) is 30.8 Å². The first-order valence-electron chi connectivity index (χ1n) is 10.1. The zero-order chi connectivity index (χ0) is 22.0. The molecule has 0 bridgehead atoms. The number of nitrogens with zero attached hydrogens (tertiary/aromatic N) is 4. The van der Waals surface area contributed by atoms with Gasteiger partial charge in [0.2, 0.25) is 10.0 Å². The minimum atomic E-state index is -3.35. The highest BCUT2D eigenvalue weighted by molar-refractivity contribution is 7.99. The predicted molar refractivity (Wildman–Crippen MR) is 123 cm³/mol. The van der Waals surface area contributed by atoms with E-state index >= 15 is 0 Å². The molecule has 1 fully saturated rings. The Labute approximate surface area is 186 Å². The van der Waals surface area contributed by atoms with Crippen LogP contribution < -0.4 is 4.31 Å². The Morgan fingerprint density at radius 3 is 2.35 bits per heavy atom. The average Bonchev–Trinajstić information content (AvgIpc) is 3.52. The van der Waals surface area contributed by atoms with Gasteiger partial charge < -0.3 is 0 Å². The number of para-hydroxylation sites is 1. The summed E-state index contributed by atoms with van der Waals surface area (Å²) in [4.78, 5) is 12.8. The third-order valence-corrected chi connectivity index (χ3v) is 7.31. The number of carbonyl (C=O) groups excluding carboxylic acids is 1. The molecule has 0 radical (unpaired) electrons. The SMILES string of the molecule is CCN(c1ccc(C(=O)CSc2nnc(C3CC3)n2-c2ccccc2)cc1)S(C)(=O)=O. The summed E-state index contributed by atoms with van der Waals surface area (Å²) in [7, 11) is -3.35. The Bertz CT molecular complexity index is 1170. The number of rotatable bonds is 9. The number of carbonyl (C=O) groups is 1. The fourth-order valence-corrected chi connectivity index (χ4v) is 5.26. The van der Waals surface area contributed by atoms with Gasteiger partial charge in [-0.05, 0) is 56.2 Å². The number of sulfonamides is 1. The van der Waals surface area contributed by atoms with Gasteiger partial charge in [0.15, 0.2) is 10.9 Å². The summed E-state index contributed by atoms with van der Waals surface area (Å²) in [6.45, 7) is 2.11. The zero-order valence-corrected chi connectivity index (χ0v) is 19.1. The number of thioether (sulfide) groups is 1. The Morgan fingerprint density at radius 1 is 1.10 bits per heavy atom. The first-order valence-corrected chi connectivity index (χ1v) is 13.0. The molecule has 0 spiro atoms. The topological polar surface area (TPSA) is 85.2 Å². The minimum absolute atomic E-state index is 0.0467. The summed E-state index contributed by atoms with van der Waals surface area (Å²) >= 11 is 1.36. The monoisotopic (exact) mass is 456 g/mol. The van der Waals surface area contributed by atoms with Gasteiger partial charge in [0.05, 0.1) is 17.7 Å². The second-order valence-corrected chi connectivity index (χ2v) is 10.3. The molecule has 3 aromatic rings. The molecular weight excluding hydrogens is 432 g/mol. The molecule has 0 N–H and O–H groups in total. The Balaban J connectivity index is 1.50. The summed E-state index contributed by atoms with van der Waals surface area (Å²) in [6, 6.07) is 16.6. The molecule has 0 saturated heterocycles. The smallest absolute Gasteiger partial charge is 0.232 e. The molecule has 162 valence electrons. The molecule has 9 heteroatoms. The van der Waals surface area contributed by atoms with Crippen LogP contribution in [0.2, 0.25) is 0 Å². The van der Waals surface area contributed by atoms with Crippen molar-refractivity contribution in [3.63, 3.8) is 0 Å². The maximum atomic E-state index is 12.8. The lowest BCUT2D eigenvalue weighted by Gasteiger charge is -2.20. The number of benzene rings is 2. The molecule has 0 atom stereocenters. The van der Waals surface area contributed by atoms with Crippen LogP contribution in [0.4, 0.5) is 5.69 Å². The predicted octanol–water partition coefficient (Wildman–Crippen LogP) is 3.91. The maximum absolute atomic E-state index is 12.8. The van der Waals surface area contributed by atoms with E-state index in [1.165, 1.54) is 22.3 Å². The number of anilines is 1. The summed E-state index contributed by atoms with van der Waals surface area (Å²) in [6.07, 6.45) is 3.40. The van der Waals surface area contributed by atoms with Crippen molar-refractivity contribution in [2.75, 3.05) is 22.9 Å². The van der Waals surface area contributed by atoms with E-state index in [0.29, 0.717) is 28.9 Å². The van der Waals surface area contributed by atoms with Crippen molar-refractivity contribution in [3.05, 3.63) is 66.0 Å². The Morgan fingerprint density at radius 2 is 1.77 bits per heavy atom. The van der Waals surface area contributed by atoms with Crippen LogP contribution in [-0.4, -0.2) is 47.5 Å². The van der Waals surface area contributed by atoms with Gasteiger partial charge in [0.1, 0.15) is 5.82 Å². The van der Waals surface area contributed by atoms with Crippen LogP contribution in [0.15, 0.2) is 59.8 Å². The largest absolute Gasteiger partial charge is 0.293 e. The van der Waals surface area contributed by atoms with E-state index in [0.717, 1.165) is 24.4 Å². The number of aromatic nitrogens is 3. The van der Waals surface area contributed by atoms with E-state index in [2.05, 4.69) is 10.2 Å². The fourth-order valence-electron chi connectivity index (χ4n) is 3.44. The molecule has 1 aromatic heterocycles. The first kappa shape index (κ1) is 21.6. The lowest BCUT2D eigenvalue weighted by Crippen LogP contribution is -2.29. The van der Waals surface area contributed by atoms with Crippen LogP contribution in [0, 0.1) is 0 Å². The van der Waals surface area contributed by atoms with Crippen molar-refractivity contribution in [1.29, 1.82) is 0 Å². The molecule has 1 saturated carbocycles. The molecule has 1 aliphatic carbocycles. The minimum Gasteiger partial charge on any atom is -0.293 e. The van der Waals surface area contributed by atoms with Crippen molar-refractivity contribution in [3.8, 4) is 5.69 Å². The third kappa shape index (κ3) is 4.83. The van der Waals surface area contributed by atoms with Crippen LogP contribution in [0.25, 0.3) is 5.69 Å². The van der Waals surface area contributed by atoms with Gasteiger partial charge in [-0.1, -0.05) is 30.0 Å². The molecular formula is C22H24N4O3S2. The van der Waals surface area contributed by atoms with E-state index in [-0.39, 0.29) is 11.5 Å². The van der Waals surface area contributed by atoms with Crippen LogP contribution in [-0.2, 0) is 10.0 Å². The lowest BCUT2D eigenvalue weighted by atomic mass is 10.1. The average molecular weight is 457 g/mol. The van der Waals surface area contributed by atoms with Gasteiger partial charge >= 0.3 is 0 Å². The Kier molecular flexibility index (Phi) is 6.15. The van der Waals surface area contributed by atoms with Crippen LogP contribution in [0.3, 0.4) is 0 Å². The van der Waals surface area contributed by atoms with Gasteiger partial charge in [-0.15, -0.1) is 10.2 Å². The summed E-state index contributed by atoms with van der Waals surface area (Å²) in [5.74, 6) is 1.56. The highest BCUT2D eigenvalue weighted by Gasteiger charge is 2.31. The number of Topliss-reactive ketones (excluding diaryl/α,β-unsaturated/α-hetero) is 1. The molecule has 0 unspecified atom stereocenters. The molecule has 0 amide bonds. The molecule has 31 heavy (non-hydrogen) atoms. The van der Waals surface area contributed by atoms with E-state index in [4.69, 9.17) is 0 Å². The Hall–Kier alpha value is -2.65. The number of ketones is 1. The van der Waals surface area contributed by atoms with Gasteiger partial charge in [-0.2, -0.15) is 0 Å². The summed E-state index contributed by atoms with van der Waals surface area (Å²) in [5, 5.41) is 9.43. The second kappa shape index (κ2) is 8.84. The molecule has 1 heterocycles. The quantitative estimate of drug-likeness (QED) is 0.359. The molecule has 1 aliphatic rings. The highest BCUT2D eigenvalue weighted by atomic mass is 32.2. The van der Waals surface area contributed by atoms with E-state index in [1.54, 1.807) is 31.2 Å². The maximum Gasteiger partial charge on any atom is 0.232 e. The van der Waals surface area contributed by atoms with Crippen molar-refractivity contribution >= 4 is 33.3 Å². The van der Waals surface area contributed by atoms with E-state index < -0.39 is 10.0 Å². The molecule has 0 aliphatic heterocycles. The zero-order valence-electron chi connectivity index (χ0n) is 17.4. The van der Waals surface area contributed by atoms with Crippen LogP contribution >= 0.6 is 11.8 Å². The molecule has 7 nitrogen and oxygen atoms in total. The summed E-state index contributed by atoms with van der Waals surface area (Å²) in [5.41, 5.74) is 2.08. The van der Waals surface area contributed by atoms with Crippen molar-refractivity contribution in [1.82, 2.24) is 14.8 Å². The second-order valence-electron chi connectivity index (χ2n) is 7.47.